The molecule has 0 radical (unpaired) electrons. The Hall–Kier alpha value is -2.31. The third kappa shape index (κ3) is 4.41. The van der Waals surface area contributed by atoms with E-state index in [0.29, 0.717) is 5.56 Å². The lowest BCUT2D eigenvalue weighted by Gasteiger charge is -2.20. The first-order valence-electron chi connectivity index (χ1n) is 8.47. The number of aliphatic hydroxyl groups is 2. The summed E-state index contributed by atoms with van der Waals surface area (Å²) >= 11 is 0. The first kappa shape index (κ1) is 19.0. The first-order valence-corrected chi connectivity index (χ1v) is 8.47. The molecule has 6 nitrogen and oxygen atoms in total. The fourth-order valence-corrected chi connectivity index (χ4v) is 2.91. The number of aliphatic hydroxyl groups excluding tert-OH is 2. The lowest BCUT2D eigenvalue weighted by molar-refractivity contribution is 0.0685. The number of carbonyl (C=O) groups excluding carboxylic acids is 1. The summed E-state index contributed by atoms with van der Waals surface area (Å²) in [4.78, 5) is 22.9. The van der Waals surface area contributed by atoms with E-state index in [1.165, 1.54) is 4.90 Å². The van der Waals surface area contributed by atoms with Crippen LogP contribution in [-0.2, 0) is 6.42 Å². The van der Waals surface area contributed by atoms with Gasteiger partial charge in [-0.15, -0.1) is 0 Å². The fraction of sp³-hybridized carbons (Fsp3) is 0.421. The van der Waals surface area contributed by atoms with Crippen molar-refractivity contribution in [3.05, 3.63) is 46.9 Å². The largest absolute Gasteiger partial charge is 0.395 e. The van der Waals surface area contributed by atoms with Crippen LogP contribution in [0.2, 0.25) is 0 Å². The molecule has 0 unspecified atom stereocenters. The van der Waals surface area contributed by atoms with E-state index in [4.69, 9.17) is 10.2 Å². The van der Waals surface area contributed by atoms with Crippen LogP contribution >= 0.6 is 0 Å². The molecule has 0 fully saturated rings. The molecule has 25 heavy (non-hydrogen) atoms. The van der Waals surface area contributed by atoms with Gasteiger partial charge in [0.1, 0.15) is 5.82 Å². The van der Waals surface area contributed by atoms with Crippen LogP contribution in [0, 0.1) is 13.8 Å². The van der Waals surface area contributed by atoms with Crippen LogP contribution < -0.4 is 0 Å². The SMILES string of the molecule is CCc1c(C)nc(C)nc1-c1ccc(C(=O)N(CCO)CCO)cc1. The summed E-state index contributed by atoms with van der Waals surface area (Å²) in [5.41, 5.74) is 4.44. The highest BCUT2D eigenvalue weighted by Gasteiger charge is 2.16. The molecule has 2 N–H and O–H groups in total. The molecule has 0 aliphatic rings. The van der Waals surface area contributed by atoms with Gasteiger partial charge in [0.2, 0.25) is 0 Å². The standard InChI is InChI=1S/C19H25N3O3/c1-4-17-13(2)20-14(3)21-18(17)15-5-7-16(8-6-15)19(25)22(9-11-23)10-12-24/h5-8,23-24H,4,9-12H2,1-3H3. The van der Waals surface area contributed by atoms with Crippen molar-refractivity contribution in [2.75, 3.05) is 26.3 Å². The lowest BCUT2D eigenvalue weighted by atomic mass is 10.0. The number of hydrogen-bond acceptors (Lipinski definition) is 5. The molecule has 0 aliphatic heterocycles. The smallest absolute Gasteiger partial charge is 0.254 e. The molecule has 2 rings (SSSR count). The summed E-state index contributed by atoms with van der Waals surface area (Å²) in [6, 6.07) is 7.27. The minimum absolute atomic E-state index is 0.136. The van der Waals surface area contributed by atoms with Crippen LogP contribution in [0.5, 0.6) is 0 Å². The zero-order valence-corrected chi connectivity index (χ0v) is 15.0. The van der Waals surface area contributed by atoms with Crippen molar-refractivity contribution in [3.8, 4) is 11.3 Å². The van der Waals surface area contributed by atoms with Crippen molar-refractivity contribution in [1.82, 2.24) is 14.9 Å². The Labute approximate surface area is 148 Å². The van der Waals surface area contributed by atoms with Gasteiger partial charge in [-0.05, 0) is 38.0 Å². The van der Waals surface area contributed by atoms with Crippen LogP contribution in [0.25, 0.3) is 11.3 Å². The fourth-order valence-electron chi connectivity index (χ4n) is 2.91. The molecular formula is C19H25N3O3. The molecule has 1 aromatic heterocycles. The number of rotatable bonds is 7. The molecule has 2 aromatic rings. The number of nitrogens with zero attached hydrogens (tertiary/aromatic N) is 3. The van der Waals surface area contributed by atoms with Crippen LogP contribution in [0.15, 0.2) is 24.3 Å². The van der Waals surface area contributed by atoms with Crippen LogP contribution in [-0.4, -0.2) is 57.3 Å². The van der Waals surface area contributed by atoms with Crippen LogP contribution in [0.1, 0.15) is 34.4 Å². The number of aryl methyl sites for hydroxylation is 2. The predicted molar refractivity (Wildman–Crippen MR) is 96.4 cm³/mol. The molecule has 134 valence electrons. The van der Waals surface area contributed by atoms with Gasteiger partial charge in [0.15, 0.2) is 0 Å². The second kappa shape index (κ2) is 8.69. The number of benzene rings is 1. The number of amides is 1. The minimum atomic E-state index is -0.208. The van der Waals surface area contributed by atoms with Crippen molar-refractivity contribution < 1.29 is 15.0 Å². The van der Waals surface area contributed by atoms with Gasteiger partial charge in [0, 0.05) is 29.9 Å². The average Bonchev–Trinajstić information content (AvgIpc) is 2.60. The summed E-state index contributed by atoms with van der Waals surface area (Å²) in [5.74, 6) is 0.516. The highest BCUT2D eigenvalue weighted by Crippen LogP contribution is 2.24. The second-order valence-electron chi connectivity index (χ2n) is 5.85. The van der Waals surface area contributed by atoms with Gasteiger partial charge in [-0.1, -0.05) is 19.1 Å². The first-order chi connectivity index (χ1) is 12.0. The van der Waals surface area contributed by atoms with Crippen molar-refractivity contribution in [3.63, 3.8) is 0 Å². The molecule has 1 aromatic carbocycles. The van der Waals surface area contributed by atoms with E-state index >= 15 is 0 Å². The molecule has 0 bridgehead atoms. The second-order valence-corrected chi connectivity index (χ2v) is 5.85. The highest BCUT2D eigenvalue weighted by atomic mass is 16.3. The number of aromatic nitrogens is 2. The Morgan fingerprint density at radius 2 is 1.64 bits per heavy atom. The Morgan fingerprint density at radius 1 is 1.04 bits per heavy atom. The van der Waals surface area contributed by atoms with Crippen LogP contribution in [0.4, 0.5) is 0 Å². The number of hydrogen-bond donors (Lipinski definition) is 2. The maximum atomic E-state index is 12.5. The third-order valence-electron chi connectivity index (χ3n) is 4.11. The van der Waals surface area contributed by atoms with E-state index in [1.807, 2.05) is 26.0 Å². The molecule has 0 spiro atoms. The number of carbonyl (C=O) groups is 1. The van der Waals surface area contributed by atoms with Gasteiger partial charge >= 0.3 is 0 Å². The van der Waals surface area contributed by atoms with Gasteiger partial charge in [-0.25, -0.2) is 9.97 Å². The third-order valence-corrected chi connectivity index (χ3v) is 4.11. The Morgan fingerprint density at radius 3 is 2.16 bits per heavy atom. The normalized spacial score (nSPS) is 10.8. The molecule has 0 saturated heterocycles. The quantitative estimate of drug-likeness (QED) is 0.800. The van der Waals surface area contributed by atoms with Gasteiger partial charge in [0.05, 0.1) is 18.9 Å². The molecule has 0 atom stereocenters. The van der Waals surface area contributed by atoms with Crippen molar-refractivity contribution in [2.24, 2.45) is 0 Å². The summed E-state index contributed by atoms with van der Waals surface area (Å²) in [6.07, 6.45) is 0.836. The van der Waals surface area contributed by atoms with Crippen LogP contribution in [0.3, 0.4) is 0 Å². The monoisotopic (exact) mass is 343 g/mol. The molecule has 1 heterocycles. The zero-order chi connectivity index (χ0) is 18.4. The van der Waals surface area contributed by atoms with E-state index in [1.54, 1.807) is 12.1 Å². The van der Waals surface area contributed by atoms with Crippen molar-refractivity contribution in [2.45, 2.75) is 27.2 Å². The summed E-state index contributed by atoms with van der Waals surface area (Å²) < 4.78 is 0. The minimum Gasteiger partial charge on any atom is -0.395 e. The molecule has 0 saturated carbocycles. The van der Waals surface area contributed by atoms with Gasteiger partial charge in [0.25, 0.3) is 5.91 Å². The topological polar surface area (TPSA) is 86.6 Å². The Bertz CT molecular complexity index is 723. The maximum Gasteiger partial charge on any atom is 0.254 e. The molecule has 6 heteroatoms. The Balaban J connectivity index is 2.33. The zero-order valence-electron chi connectivity index (χ0n) is 15.0. The average molecular weight is 343 g/mol. The molecular weight excluding hydrogens is 318 g/mol. The van der Waals surface area contributed by atoms with E-state index in [9.17, 15) is 4.79 Å². The Kier molecular flexibility index (Phi) is 6.61. The maximum absolute atomic E-state index is 12.5. The van der Waals surface area contributed by atoms with Crippen molar-refractivity contribution in [1.29, 1.82) is 0 Å². The predicted octanol–water partition coefficient (Wildman–Crippen LogP) is 1.75. The summed E-state index contributed by atoms with van der Waals surface area (Å²) in [7, 11) is 0. The van der Waals surface area contributed by atoms with E-state index in [0.717, 1.165) is 34.8 Å². The van der Waals surface area contributed by atoms with E-state index in [-0.39, 0.29) is 32.2 Å². The highest BCUT2D eigenvalue weighted by molar-refractivity contribution is 5.94. The summed E-state index contributed by atoms with van der Waals surface area (Å²) in [6.45, 7) is 6.05. The molecule has 0 aliphatic carbocycles. The lowest BCUT2D eigenvalue weighted by Crippen LogP contribution is -2.35. The van der Waals surface area contributed by atoms with E-state index in [2.05, 4.69) is 16.9 Å². The summed E-state index contributed by atoms with van der Waals surface area (Å²) in [5, 5.41) is 18.1. The van der Waals surface area contributed by atoms with Gasteiger partial charge in [-0.2, -0.15) is 0 Å². The molecule has 1 amide bonds. The van der Waals surface area contributed by atoms with Gasteiger partial charge < -0.3 is 15.1 Å². The van der Waals surface area contributed by atoms with Crippen molar-refractivity contribution >= 4 is 5.91 Å². The van der Waals surface area contributed by atoms with Gasteiger partial charge in [-0.3, -0.25) is 4.79 Å². The van der Waals surface area contributed by atoms with E-state index < -0.39 is 0 Å².